The van der Waals surface area contributed by atoms with Crippen molar-refractivity contribution in [2.24, 2.45) is 0 Å². The number of likely N-dealkylation sites (tertiary alicyclic amines) is 2. The van der Waals surface area contributed by atoms with E-state index < -0.39 is 6.04 Å². The third-order valence-corrected chi connectivity index (χ3v) is 12.4. The summed E-state index contributed by atoms with van der Waals surface area (Å²) in [6.07, 6.45) is 10.2. The van der Waals surface area contributed by atoms with Crippen molar-refractivity contribution in [2.75, 3.05) is 59.4 Å². The number of carbonyl (C=O) groups is 3. The summed E-state index contributed by atoms with van der Waals surface area (Å²) in [6.45, 7) is 10.3. The number of urea groups is 1. The molecule has 5 heterocycles. The lowest BCUT2D eigenvalue weighted by atomic mass is 9.89. The molecule has 3 fully saturated rings. The van der Waals surface area contributed by atoms with Crippen molar-refractivity contribution in [1.29, 1.82) is 0 Å². The number of hydrogen-bond acceptors (Lipinski definition) is 8. The Morgan fingerprint density at radius 2 is 1.65 bits per heavy atom. The predicted octanol–water partition coefficient (Wildman–Crippen LogP) is 5.40. The maximum absolute atomic E-state index is 14.4. The molecule has 0 aliphatic carbocycles. The van der Waals surface area contributed by atoms with Gasteiger partial charge in [-0.1, -0.05) is 50.5 Å². The fourth-order valence-corrected chi connectivity index (χ4v) is 9.07. The van der Waals surface area contributed by atoms with Crippen molar-refractivity contribution >= 4 is 39.7 Å². The highest BCUT2D eigenvalue weighted by atomic mass is 16.5. The number of nitrogens with zero attached hydrogens (tertiary/aromatic N) is 6. The Bertz CT molecular complexity index is 2070. The molecule has 0 spiro atoms. The molecule has 13 nitrogen and oxygen atoms in total. The van der Waals surface area contributed by atoms with E-state index in [4.69, 9.17) is 4.74 Å². The second-order valence-corrected chi connectivity index (χ2v) is 16.5. The first-order valence-corrected chi connectivity index (χ1v) is 21.2. The Hall–Kier alpha value is -4.75. The number of pyridine rings is 1. The van der Waals surface area contributed by atoms with Crippen LogP contribution in [0.2, 0.25) is 0 Å². The van der Waals surface area contributed by atoms with E-state index in [0.717, 1.165) is 103 Å². The van der Waals surface area contributed by atoms with E-state index in [1.165, 1.54) is 0 Å². The Balaban J connectivity index is 1.03. The summed E-state index contributed by atoms with van der Waals surface area (Å²) in [5.74, 6) is -0.242. The lowest BCUT2D eigenvalue weighted by Crippen LogP contribution is -2.59. The van der Waals surface area contributed by atoms with Crippen LogP contribution in [0.3, 0.4) is 0 Å². The number of carbonyl (C=O) groups excluding carboxylic acids is 3. The molecule has 2 aromatic heterocycles. The Kier molecular flexibility index (Phi) is 13.2. The standard InChI is InChI=1S/C44H60N8O5/c1-4-5-6-7-12-40(53)57-30-52-41-31(2)25-32(26-35(41)29-45-52)27-39(43(55)50-23-21-49(22-24-50)36-15-17-48(3)18-16-36)47-44(56)51-19-13-33(14-20-51)37-28-34-10-8-9-11-38(34)46-42(37)54/h8-11,25-26,28-29,33,36,39H,4-7,12-24,27,30H2,1-3H3,(H,46,54)(H,47,56). The van der Waals surface area contributed by atoms with Gasteiger partial charge < -0.3 is 29.7 Å². The van der Waals surface area contributed by atoms with Crippen LogP contribution in [0.25, 0.3) is 21.8 Å². The maximum Gasteiger partial charge on any atom is 0.318 e. The highest BCUT2D eigenvalue weighted by molar-refractivity contribution is 5.88. The first kappa shape index (κ1) is 40.4. The number of amides is 3. The van der Waals surface area contributed by atoms with Gasteiger partial charge in [-0.15, -0.1) is 0 Å². The molecule has 7 rings (SSSR count). The van der Waals surface area contributed by atoms with Crippen molar-refractivity contribution in [3.8, 4) is 0 Å². The fraction of sp³-hybridized carbons (Fsp3) is 0.568. The summed E-state index contributed by atoms with van der Waals surface area (Å²) in [4.78, 5) is 65.4. The van der Waals surface area contributed by atoms with Gasteiger partial charge in [0.1, 0.15) is 6.04 Å². The van der Waals surface area contributed by atoms with E-state index >= 15 is 0 Å². The molecule has 0 bridgehead atoms. The van der Waals surface area contributed by atoms with Crippen LogP contribution < -0.4 is 10.9 Å². The van der Waals surface area contributed by atoms with E-state index in [-0.39, 0.29) is 36.1 Å². The zero-order valence-corrected chi connectivity index (χ0v) is 34.0. The summed E-state index contributed by atoms with van der Waals surface area (Å²) in [5, 5.41) is 9.58. The molecule has 2 N–H and O–H groups in total. The van der Waals surface area contributed by atoms with Crippen LogP contribution in [-0.4, -0.2) is 124 Å². The Morgan fingerprint density at radius 3 is 2.40 bits per heavy atom. The van der Waals surface area contributed by atoms with Crippen molar-refractivity contribution in [1.82, 2.24) is 39.7 Å². The van der Waals surface area contributed by atoms with Crippen LogP contribution in [0.4, 0.5) is 4.79 Å². The van der Waals surface area contributed by atoms with Gasteiger partial charge in [-0.3, -0.25) is 19.3 Å². The van der Waals surface area contributed by atoms with Crippen LogP contribution in [0, 0.1) is 6.92 Å². The monoisotopic (exact) mass is 780 g/mol. The number of piperidine rings is 2. The number of rotatable bonds is 13. The average Bonchev–Trinajstić information content (AvgIpc) is 3.64. The second-order valence-electron chi connectivity index (χ2n) is 16.5. The van der Waals surface area contributed by atoms with E-state index in [9.17, 15) is 19.2 Å². The second kappa shape index (κ2) is 18.7. The summed E-state index contributed by atoms with van der Waals surface area (Å²) in [5.41, 5.74) is 4.26. The van der Waals surface area contributed by atoms with Crippen LogP contribution in [0.5, 0.6) is 0 Å². The van der Waals surface area contributed by atoms with E-state index in [0.29, 0.717) is 57.9 Å². The highest BCUT2D eigenvalue weighted by Gasteiger charge is 2.34. The van der Waals surface area contributed by atoms with Crippen LogP contribution in [0.1, 0.15) is 87.3 Å². The van der Waals surface area contributed by atoms with Gasteiger partial charge in [-0.25, -0.2) is 9.48 Å². The summed E-state index contributed by atoms with van der Waals surface area (Å²) in [7, 11) is 2.18. The molecule has 3 saturated heterocycles. The van der Waals surface area contributed by atoms with Gasteiger partial charge in [0.2, 0.25) is 5.91 Å². The first-order valence-electron chi connectivity index (χ1n) is 21.2. The van der Waals surface area contributed by atoms with Crippen molar-refractivity contribution in [3.05, 3.63) is 75.7 Å². The highest BCUT2D eigenvalue weighted by Crippen LogP contribution is 2.28. The number of aryl methyl sites for hydroxylation is 1. The predicted molar refractivity (Wildman–Crippen MR) is 222 cm³/mol. The fourth-order valence-electron chi connectivity index (χ4n) is 9.07. The number of aromatic amines is 1. The largest absolute Gasteiger partial charge is 0.442 e. The Labute approximate surface area is 335 Å². The summed E-state index contributed by atoms with van der Waals surface area (Å²) < 4.78 is 7.28. The van der Waals surface area contributed by atoms with E-state index in [2.05, 4.69) is 39.2 Å². The number of piperazine rings is 1. The molecule has 306 valence electrons. The molecule has 1 atom stereocenters. The Morgan fingerprint density at radius 1 is 0.895 bits per heavy atom. The number of para-hydroxylation sites is 1. The lowest BCUT2D eigenvalue weighted by Gasteiger charge is -2.43. The molecule has 0 saturated carbocycles. The lowest BCUT2D eigenvalue weighted by molar-refractivity contribution is -0.147. The quantitative estimate of drug-likeness (QED) is 0.136. The van der Waals surface area contributed by atoms with Crippen LogP contribution in [-0.2, 0) is 27.5 Å². The topological polar surface area (TPSA) is 136 Å². The molecule has 13 heteroatoms. The summed E-state index contributed by atoms with van der Waals surface area (Å²) in [6, 6.07) is 13.4. The number of H-pyrrole nitrogens is 1. The number of benzene rings is 2. The molecule has 1 unspecified atom stereocenters. The number of unbranched alkanes of at least 4 members (excludes halogenated alkanes) is 3. The van der Waals surface area contributed by atoms with Crippen molar-refractivity contribution < 1.29 is 19.1 Å². The third-order valence-electron chi connectivity index (χ3n) is 12.4. The van der Waals surface area contributed by atoms with Gasteiger partial charge in [0.15, 0.2) is 6.73 Å². The van der Waals surface area contributed by atoms with E-state index in [1.807, 2.05) is 54.3 Å². The SMILES string of the molecule is CCCCCCC(=O)OCn1ncc2cc(CC(NC(=O)N3CCC(c4cc5ccccc5[nH]c4=O)CC3)C(=O)N3CCN(C4CCN(C)CC4)CC3)cc(C)c21. The van der Waals surface area contributed by atoms with Crippen LogP contribution in [0.15, 0.2) is 53.5 Å². The van der Waals surface area contributed by atoms with Crippen LogP contribution >= 0.6 is 0 Å². The molecule has 0 radical (unpaired) electrons. The first-order chi connectivity index (χ1) is 27.7. The molecule has 3 amide bonds. The van der Waals surface area contributed by atoms with Crippen molar-refractivity contribution in [2.45, 2.75) is 103 Å². The van der Waals surface area contributed by atoms with Gasteiger partial charge in [0.25, 0.3) is 5.56 Å². The number of ether oxygens (including phenoxy) is 1. The normalized spacial score (nSPS) is 18.3. The molecule has 4 aromatic rings. The number of aromatic nitrogens is 3. The number of esters is 1. The average molecular weight is 781 g/mol. The van der Waals surface area contributed by atoms with Gasteiger partial charge >= 0.3 is 12.0 Å². The van der Waals surface area contributed by atoms with Gasteiger partial charge in [0.05, 0.1) is 11.7 Å². The molecule has 3 aliphatic heterocycles. The molecule has 57 heavy (non-hydrogen) atoms. The number of nitrogens with one attached hydrogen (secondary N) is 2. The minimum absolute atomic E-state index is 0.0446. The molecule has 2 aromatic carbocycles. The van der Waals surface area contributed by atoms with Gasteiger partial charge in [-0.05, 0) is 99.8 Å². The maximum atomic E-state index is 14.4. The third kappa shape index (κ3) is 9.87. The smallest absolute Gasteiger partial charge is 0.318 e. The van der Waals surface area contributed by atoms with E-state index in [1.54, 1.807) is 15.8 Å². The van der Waals surface area contributed by atoms with Crippen molar-refractivity contribution in [3.63, 3.8) is 0 Å². The van der Waals surface area contributed by atoms with Gasteiger partial charge in [-0.2, -0.15) is 5.10 Å². The molecular formula is C44H60N8O5. The number of hydrogen-bond donors (Lipinski definition) is 2. The zero-order chi connectivity index (χ0) is 39.9. The summed E-state index contributed by atoms with van der Waals surface area (Å²) >= 11 is 0. The zero-order valence-electron chi connectivity index (χ0n) is 34.0. The minimum Gasteiger partial charge on any atom is -0.442 e. The minimum atomic E-state index is -0.756. The van der Waals surface area contributed by atoms with Gasteiger partial charge in [0, 0.05) is 74.6 Å². The molecular weight excluding hydrogens is 721 g/mol. The molecule has 3 aliphatic rings. The number of fused-ring (bicyclic) bond motifs is 2.